The maximum absolute atomic E-state index is 12.3. The molecule has 0 aliphatic heterocycles. The summed E-state index contributed by atoms with van der Waals surface area (Å²) in [5, 5.41) is 10.8. The van der Waals surface area contributed by atoms with Gasteiger partial charge in [0.25, 0.3) is 5.69 Å². The van der Waals surface area contributed by atoms with Crippen molar-refractivity contribution in [2.75, 3.05) is 13.7 Å². The molecule has 124 valence electrons. The average molecular weight is 327 g/mol. The number of carbonyl (C=O) groups is 1. The van der Waals surface area contributed by atoms with Crippen molar-refractivity contribution in [2.24, 2.45) is 0 Å². The molecule has 0 bridgehead atoms. The summed E-state index contributed by atoms with van der Waals surface area (Å²) in [7, 11) is 1.40. The van der Waals surface area contributed by atoms with Gasteiger partial charge < -0.3 is 9.47 Å². The second-order valence-electron chi connectivity index (χ2n) is 5.64. The SMILES string of the molecule is COc1cc([N+](=O)[O-])ccc1OCC(=O)c1ccc2c(c1)CCC2. The highest BCUT2D eigenvalue weighted by molar-refractivity contribution is 5.97. The molecule has 0 radical (unpaired) electrons. The largest absolute Gasteiger partial charge is 0.493 e. The van der Waals surface area contributed by atoms with Crippen LogP contribution < -0.4 is 9.47 Å². The highest BCUT2D eigenvalue weighted by Crippen LogP contribution is 2.31. The molecule has 1 aliphatic rings. The molecule has 0 spiro atoms. The molecule has 0 fully saturated rings. The number of fused-ring (bicyclic) bond motifs is 1. The van der Waals surface area contributed by atoms with Gasteiger partial charge in [0, 0.05) is 11.6 Å². The summed E-state index contributed by atoms with van der Waals surface area (Å²) in [5.41, 5.74) is 3.07. The minimum absolute atomic E-state index is 0.0934. The van der Waals surface area contributed by atoms with Gasteiger partial charge >= 0.3 is 0 Å². The Bertz CT molecular complexity index is 800. The van der Waals surface area contributed by atoms with Crippen molar-refractivity contribution in [3.8, 4) is 11.5 Å². The molecule has 1 aliphatic carbocycles. The third-order valence-corrected chi connectivity index (χ3v) is 4.14. The average Bonchev–Trinajstić information content (AvgIpc) is 3.06. The van der Waals surface area contributed by atoms with E-state index in [0.717, 1.165) is 19.3 Å². The van der Waals surface area contributed by atoms with E-state index in [0.29, 0.717) is 11.3 Å². The number of ether oxygens (including phenoxy) is 2. The summed E-state index contributed by atoms with van der Waals surface area (Å²) in [6.45, 7) is -0.146. The van der Waals surface area contributed by atoms with Gasteiger partial charge in [-0.15, -0.1) is 0 Å². The second-order valence-corrected chi connectivity index (χ2v) is 5.64. The van der Waals surface area contributed by atoms with Crippen molar-refractivity contribution in [1.82, 2.24) is 0 Å². The molecule has 0 heterocycles. The molecule has 0 atom stereocenters. The first-order valence-corrected chi connectivity index (χ1v) is 7.68. The fraction of sp³-hybridized carbons (Fsp3) is 0.278. The lowest BCUT2D eigenvalue weighted by Crippen LogP contribution is -2.12. The van der Waals surface area contributed by atoms with E-state index in [2.05, 4.69) is 0 Å². The molecule has 6 nitrogen and oxygen atoms in total. The molecule has 0 saturated heterocycles. The molecule has 2 aromatic carbocycles. The zero-order chi connectivity index (χ0) is 17.1. The van der Waals surface area contributed by atoms with Gasteiger partial charge in [-0.05, 0) is 42.5 Å². The molecule has 3 rings (SSSR count). The normalized spacial score (nSPS) is 12.5. The summed E-state index contributed by atoms with van der Waals surface area (Å²) in [6, 6.07) is 9.78. The van der Waals surface area contributed by atoms with E-state index in [4.69, 9.17) is 9.47 Å². The Morgan fingerprint density at radius 3 is 2.67 bits per heavy atom. The minimum Gasteiger partial charge on any atom is -0.493 e. The quantitative estimate of drug-likeness (QED) is 0.462. The minimum atomic E-state index is -0.512. The van der Waals surface area contributed by atoms with E-state index < -0.39 is 4.92 Å². The standard InChI is InChI=1S/C18H17NO5/c1-23-18-10-15(19(21)22)7-8-17(18)24-11-16(20)14-6-5-12-3-2-4-13(12)9-14/h5-10H,2-4,11H2,1H3. The van der Waals surface area contributed by atoms with Crippen LogP contribution in [0.2, 0.25) is 0 Å². The summed E-state index contributed by atoms with van der Waals surface area (Å²) >= 11 is 0. The van der Waals surface area contributed by atoms with Gasteiger partial charge in [0.05, 0.1) is 18.1 Å². The number of aryl methyl sites for hydroxylation is 2. The number of ketones is 1. The number of nitro benzene ring substituents is 1. The monoisotopic (exact) mass is 327 g/mol. The highest BCUT2D eigenvalue weighted by Gasteiger charge is 2.16. The predicted molar refractivity (Wildman–Crippen MR) is 87.9 cm³/mol. The maximum Gasteiger partial charge on any atom is 0.273 e. The van der Waals surface area contributed by atoms with Crippen molar-refractivity contribution < 1.29 is 19.2 Å². The summed E-state index contributed by atoms with van der Waals surface area (Å²) in [4.78, 5) is 22.6. The van der Waals surface area contributed by atoms with Gasteiger partial charge in [-0.3, -0.25) is 14.9 Å². The fourth-order valence-electron chi connectivity index (χ4n) is 2.86. The third-order valence-electron chi connectivity index (χ3n) is 4.14. The first-order valence-electron chi connectivity index (χ1n) is 7.68. The van der Waals surface area contributed by atoms with Gasteiger partial charge in [0.2, 0.25) is 0 Å². The van der Waals surface area contributed by atoms with Crippen LogP contribution in [-0.4, -0.2) is 24.4 Å². The predicted octanol–water partition coefficient (Wildman–Crippen LogP) is 3.35. The lowest BCUT2D eigenvalue weighted by molar-refractivity contribution is -0.384. The molecule has 6 heteroatoms. The Morgan fingerprint density at radius 2 is 1.92 bits per heavy atom. The van der Waals surface area contributed by atoms with Crippen LogP contribution in [0.1, 0.15) is 27.9 Å². The van der Waals surface area contributed by atoms with E-state index in [9.17, 15) is 14.9 Å². The first kappa shape index (κ1) is 16.0. The molecule has 0 saturated carbocycles. The van der Waals surface area contributed by atoms with Crippen molar-refractivity contribution in [3.05, 3.63) is 63.2 Å². The fourth-order valence-corrected chi connectivity index (χ4v) is 2.86. The lowest BCUT2D eigenvalue weighted by Gasteiger charge is -2.10. The Hall–Kier alpha value is -2.89. The van der Waals surface area contributed by atoms with Crippen LogP contribution in [0.15, 0.2) is 36.4 Å². The molecule has 0 aromatic heterocycles. The van der Waals surface area contributed by atoms with Crippen LogP contribution in [-0.2, 0) is 12.8 Å². The molecular weight excluding hydrogens is 310 g/mol. The number of non-ortho nitro benzene ring substituents is 1. The van der Waals surface area contributed by atoms with Crippen molar-refractivity contribution >= 4 is 11.5 Å². The highest BCUT2D eigenvalue weighted by atomic mass is 16.6. The number of nitrogens with zero attached hydrogens (tertiary/aromatic N) is 1. The number of Topliss-reactive ketones (excluding diaryl/α,β-unsaturated/α-hetero) is 1. The van der Waals surface area contributed by atoms with Gasteiger partial charge in [-0.25, -0.2) is 0 Å². The first-order chi connectivity index (χ1) is 11.6. The Kier molecular flexibility index (Phi) is 4.46. The van der Waals surface area contributed by atoms with E-state index in [1.54, 1.807) is 0 Å². The van der Waals surface area contributed by atoms with Gasteiger partial charge in [0.15, 0.2) is 23.9 Å². The lowest BCUT2D eigenvalue weighted by atomic mass is 10.0. The molecule has 0 amide bonds. The number of hydrogen-bond donors (Lipinski definition) is 0. The number of nitro groups is 1. The van der Waals surface area contributed by atoms with Gasteiger partial charge in [0.1, 0.15) is 0 Å². The number of benzene rings is 2. The molecule has 0 N–H and O–H groups in total. The second kappa shape index (κ2) is 6.70. The number of carbonyl (C=O) groups excluding carboxylic acids is 1. The maximum atomic E-state index is 12.3. The van der Waals surface area contributed by atoms with Gasteiger partial charge in [-0.2, -0.15) is 0 Å². The number of hydrogen-bond acceptors (Lipinski definition) is 5. The van der Waals surface area contributed by atoms with Crippen LogP contribution in [0.4, 0.5) is 5.69 Å². The van der Waals surface area contributed by atoms with Crippen LogP contribution in [0.25, 0.3) is 0 Å². The van der Waals surface area contributed by atoms with Gasteiger partial charge in [-0.1, -0.05) is 12.1 Å². The van der Waals surface area contributed by atoms with Crippen LogP contribution in [0.3, 0.4) is 0 Å². The smallest absolute Gasteiger partial charge is 0.273 e. The topological polar surface area (TPSA) is 78.7 Å². The third kappa shape index (κ3) is 3.22. The Balaban J connectivity index is 1.71. The zero-order valence-corrected chi connectivity index (χ0v) is 13.3. The van der Waals surface area contributed by atoms with E-state index >= 15 is 0 Å². The summed E-state index contributed by atoms with van der Waals surface area (Å²) in [5.74, 6) is 0.397. The summed E-state index contributed by atoms with van der Waals surface area (Å²) in [6.07, 6.45) is 3.21. The Labute approximate surface area is 139 Å². The molecule has 2 aromatic rings. The molecular formula is C18H17NO5. The van der Waals surface area contributed by atoms with Crippen molar-refractivity contribution in [2.45, 2.75) is 19.3 Å². The van der Waals surface area contributed by atoms with Crippen LogP contribution in [0.5, 0.6) is 11.5 Å². The molecule has 0 unspecified atom stereocenters. The summed E-state index contributed by atoms with van der Waals surface area (Å²) < 4.78 is 10.6. The molecule has 24 heavy (non-hydrogen) atoms. The number of methoxy groups -OCH3 is 1. The van der Waals surface area contributed by atoms with E-state index in [1.807, 2.05) is 18.2 Å². The van der Waals surface area contributed by atoms with Crippen molar-refractivity contribution in [1.29, 1.82) is 0 Å². The van der Waals surface area contributed by atoms with Crippen LogP contribution >= 0.6 is 0 Å². The van der Waals surface area contributed by atoms with Crippen molar-refractivity contribution in [3.63, 3.8) is 0 Å². The number of rotatable bonds is 6. The van der Waals surface area contributed by atoms with E-state index in [-0.39, 0.29) is 23.8 Å². The Morgan fingerprint density at radius 1 is 1.12 bits per heavy atom. The van der Waals surface area contributed by atoms with Crippen LogP contribution in [0, 0.1) is 10.1 Å². The zero-order valence-electron chi connectivity index (χ0n) is 13.3. The van der Waals surface area contributed by atoms with E-state index in [1.165, 1.54) is 36.4 Å².